The number of benzene rings is 1. The second-order valence-corrected chi connectivity index (χ2v) is 2.89. The molecule has 0 aliphatic heterocycles. The van der Waals surface area contributed by atoms with Gasteiger partial charge in [-0.2, -0.15) is 0 Å². The summed E-state index contributed by atoms with van der Waals surface area (Å²) in [6.07, 6.45) is 3.06. The normalized spacial score (nSPS) is 10.5. The summed E-state index contributed by atoms with van der Waals surface area (Å²) in [7, 11) is 1.29. The predicted molar refractivity (Wildman–Crippen MR) is 53.7 cm³/mol. The monoisotopic (exact) mass is 210 g/mol. The van der Waals surface area contributed by atoms with Crippen molar-refractivity contribution in [1.29, 1.82) is 0 Å². The van der Waals surface area contributed by atoms with E-state index in [2.05, 4.69) is 4.74 Å². The van der Waals surface area contributed by atoms with Crippen LogP contribution in [0.3, 0.4) is 0 Å². The van der Waals surface area contributed by atoms with Crippen molar-refractivity contribution in [2.24, 2.45) is 0 Å². The number of aromatic hydroxyl groups is 1. The van der Waals surface area contributed by atoms with Gasteiger partial charge in [-0.25, -0.2) is 4.39 Å². The Hall–Kier alpha value is -1.84. The topological polar surface area (TPSA) is 46.5 Å². The molecule has 1 rings (SSSR count). The minimum absolute atomic E-state index is 0.0301. The number of halogens is 1. The lowest BCUT2D eigenvalue weighted by molar-refractivity contribution is -0.139. The highest BCUT2D eigenvalue weighted by Gasteiger charge is 1.99. The SMILES string of the molecule is COC(=O)CC=Cc1cc(F)ccc1O. The molecule has 0 saturated carbocycles. The molecule has 1 aromatic rings. The molecule has 0 atom stereocenters. The van der Waals surface area contributed by atoms with Gasteiger partial charge < -0.3 is 9.84 Å². The van der Waals surface area contributed by atoms with Crippen LogP contribution in [-0.2, 0) is 9.53 Å². The highest BCUT2D eigenvalue weighted by atomic mass is 19.1. The molecule has 0 fully saturated rings. The van der Waals surface area contributed by atoms with Crippen molar-refractivity contribution in [2.45, 2.75) is 6.42 Å². The molecule has 0 heterocycles. The van der Waals surface area contributed by atoms with E-state index in [1.807, 2.05) is 0 Å². The van der Waals surface area contributed by atoms with E-state index in [4.69, 9.17) is 0 Å². The highest BCUT2D eigenvalue weighted by molar-refractivity contribution is 5.72. The lowest BCUT2D eigenvalue weighted by atomic mass is 10.1. The van der Waals surface area contributed by atoms with E-state index in [9.17, 15) is 14.3 Å². The summed E-state index contributed by atoms with van der Waals surface area (Å²) in [6, 6.07) is 3.60. The average molecular weight is 210 g/mol. The van der Waals surface area contributed by atoms with Gasteiger partial charge in [-0.1, -0.05) is 12.2 Å². The minimum Gasteiger partial charge on any atom is -0.507 e. The largest absolute Gasteiger partial charge is 0.507 e. The van der Waals surface area contributed by atoms with Crippen molar-refractivity contribution in [3.05, 3.63) is 35.7 Å². The molecule has 0 unspecified atom stereocenters. The fourth-order valence-electron chi connectivity index (χ4n) is 1.02. The van der Waals surface area contributed by atoms with Gasteiger partial charge in [-0.05, 0) is 18.2 Å². The summed E-state index contributed by atoms with van der Waals surface area (Å²) in [6.45, 7) is 0. The maximum atomic E-state index is 12.8. The van der Waals surface area contributed by atoms with Gasteiger partial charge in [0.15, 0.2) is 0 Å². The highest BCUT2D eigenvalue weighted by Crippen LogP contribution is 2.19. The molecule has 0 aliphatic carbocycles. The maximum Gasteiger partial charge on any atom is 0.309 e. The Balaban J connectivity index is 2.71. The van der Waals surface area contributed by atoms with Gasteiger partial charge in [-0.3, -0.25) is 4.79 Å². The summed E-state index contributed by atoms with van der Waals surface area (Å²) in [5.41, 5.74) is 0.332. The first kappa shape index (κ1) is 11.2. The van der Waals surface area contributed by atoms with E-state index in [1.165, 1.54) is 31.4 Å². The first-order valence-electron chi connectivity index (χ1n) is 4.35. The van der Waals surface area contributed by atoms with Crippen LogP contribution in [0.25, 0.3) is 6.08 Å². The zero-order valence-corrected chi connectivity index (χ0v) is 8.24. The number of esters is 1. The first-order chi connectivity index (χ1) is 7.13. The number of methoxy groups -OCH3 is 1. The number of hydrogen-bond donors (Lipinski definition) is 1. The van der Waals surface area contributed by atoms with Gasteiger partial charge >= 0.3 is 5.97 Å². The van der Waals surface area contributed by atoms with Gasteiger partial charge in [0, 0.05) is 5.56 Å². The Kier molecular flexibility index (Phi) is 3.85. The predicted octanol–water partition coefficient (Wildman–Crippen LogP) is 2.11. The van der Waals surface area contributed by atoms with Crippen LogP contribution >= 0.6 is 0 Å². The van der Waals surface area contributed by atoms with Gasteiger partial charge in [0.05, 0.1) is 13.5 Å². The lowest BCUT2D eigenvalue weighted by Gasteiger charge is -1.98. The molecule has 0 aromatic heterocycles. The molecule has 80 valence electrons. The molecular formula is C11H11FO3. The van der Waals surface area contributed by atoms with Crippen LogP contribution in [-0.4, -0.2) is 18.2 Å². The number of carbonyl (C=O) groups excluding carboxylic acids is 1. The second-order valence-electron chi connectivity index (χ2n) is 2.89. The lowest BCUT2D eigenvalue weighted by Crippen LogP contribution is -1.96. The van der Waals surface area contributed by atoms with Crippen molar-refractivity contribution < 1.29 is 19.0 Å². The van der Waals surface area contributed by atoms with Crippen LogP contribution in [0.5, 0.6) is 5.75 Å². The van der Waals surface area contributed by atoms with E-state index >= 15 is 0 Å². The molecule has 0 amide bonds. The molecule has 1 aromatic carbocycles. The molecule has 0 bridgehead atoms. The molecule has 0 saturated heterocycles. The summed E-state index contributed by atoms with van der Waals surface area (Å²) in [4.78, 5) is 10.7. The molecule has 0 spiro atoms. The van der Waals surface area contributed by atoms with Crippen LogP contribution in [0.4, 0.5) is 4.39 Å². The van der Waals surface area contributed by atoms with Crippen LogP contribution in [0, 0.1) is 5.82 Å². The summed E-state index contributed by atoms with van der Waals surface area (Å²) < 4.78 is 17.2. The number of phenols is 1. The van der Waals surface area contributed by atoms with Crippen molar-refractivity contribution in [3.63, 3.8) is 0 Å². The van der Waals surface area contributed by atoms with E-state index in [1.54, 1.807) is 0 Å². The Labute approximate surface area is 86.8 Å². The number of ether oxygens (including phenoxy) is 1. The zero-order chi connectivity index (χ0) is 11.3. The van der Waals surface area contributed by atoms with Crippen molar-refractivity contribution in [1.82, 2.24) is 0 Å². The van der Waals surface area contributed by atoms with Crippen molar-refractivity contribution in [3.8, 4) is 5.75 Å². The number of hydrogen-bond acceptors (Lipinski definition) is 3. The van der Waals surface area contributed by atoms with Gasteiger partial charge in [-0.15, -0.1) is 0 Å². The zero-order valence-electron chi connectivity index (χ0n) is 8.24. The van der Waals surface area contributed by atoms with Crippen LogP contribution in [0.15, 0.2) is 24.3 Å². The Bertz CT molecular complexity index is 385. The smallest absolute Gasteiger partial charge is 0.309 e. The van der Waals surface area contributed by atoms with E-state index in [-0.39, 0.29) is 18.1 Å². The third-order valence-corrected chi connectivity index (χ3v) is 1.80. The summed E-state index contributed by atoms with van der Waals surface area (Å²) in [5, 5.41) is 9.32. The Morgan fingerprint density at radius 3 is 3.00 bits per heavy atom. The minimum atomic E-state index is -0.439. The fraction of sp³-hybridized carbons (Fsp3) is 0.182. The molecule has 0 radical (unpaired) electrons. The number of carbonyl (C=O) groups is 1. The fourth-order valence-corrected chi connectivity index (χ4v) is 1.02. The quantitative estimate of drug-likeness (QED) is 0.777. The molecule has 3 nitrogen and oxygen atoms in total. The molecule has 0 aliphatic rings. The van der Waals surface area contributed by atoms with Crippen molar-refractivity contribution in [2.75, 3.05) is 7.11 Å². The Morgan fingerprint density at radius 2 is 2.33 bits per heavy atom. The van der Waals surface area contributed by atoms with Gasteiger partial charge in [0.2, 0.25) is 0 Å². The van der Waals surface area contributed by atoms with E-state index < -0.39 is 5.82 Å². The Morgan fingerprint density at radius 1 is 1.60 bits per heavy atom. The van der Waals surface area contributed by atoms with E-state index in [0.717, 1.165) is 6.07 Å². The van der Waals surface area contributed by atoms with Crippen LogP contribution < -0.4 is 0 Å². The van der Waals surface area contributed by atoms with Crippen molar-refractivity contribution >= 4 is 12.0 Å². The van der Waals surface area contributed by atoms with Gasteiger partial charge in [0.1, 0.15) is 11.6 Å². The van der Waals surface area contributed by atoms with E-state index in [0.29, 0.717) is 5.56 Å². The summed E-state index contributed by atoms with van der Waals surface area (Å²) >= 11 is 0. The molecule has 1 N–H and O–H groups in total. The number of phenolic OH excluding ortho intramolecular Hbond substituents is 1. The van der Waals surface area contributed by atoms with Crippen LogP contribution in [0.2, 0.25) is 0 Å². The second kappa shape index (κ2) is 5.14. The maximum absolute atomic E-state index is 12.8. The number of rotatable bonds is 3. The molecule has 4 heteroatoms. The average Bonchev–Trinajstić information content (AvgIpc) is 2.23. The van der Waals surface area contributed by atoms with Crippen LogP contribution in [0.1, 0.15) is 12.0 Å². The standard InChI is InChI=1S/C11H11FO3/c1-15-11(14)4-2-3-8-7-9(12)5-6-10(8)13/h2-3,5-7,13H,4H2,1H3. The first-order valence-corrected chi connectivity index (χ1v) is 4.35. The van der Waals surface area contributed by atoms with Gasteiger partial charge in [0.25, 0.3) is 0 Å². The third kappa shape index (κ3) is 3.42. The third-order valence-electron chi connectivity index (χ3n) is 1.80. The molecule has 15 heavy (non-hydrogen) atoms. The molecular weight excluding hydrogens is 199 g/mol. The summed E-state index contributed by atoms with van der Waals surface area (Å²) in [5.74, 6) is -0.856.